The predicted molar refractivity (Wildman–Crippen MR) is 57.9 cm³/mol. The van der Waals surface area contributed by atoms with Gasteiger partial charge in [-0.05, 0) is 19.4 Å². The van der Waals surface area contributed by atoms with Crippen molar-refractivity contribution in [3.8, 4) is 0 Å². The van der Waals surface area contributed by atoms with E-state index in [1.807, 2.05) is 0 Å². The highest BCUT2D eigenvalue weighted by Crippen LogP contribution is 2.28. The number of aromatic nitrogens is 1. The fourth-order valence-corrected chi connectivity index (χ4v) is 1.85. The Labute approximate surface area is 96.3 Å². The van der Waals surface area contributed by atoms with Gasteiger partial charge in [0.05, 0.1) is 16.3 Å². The summed E-state index contributed by atoms with van der Waals surface area (Å²) >= 11 is 17.4. The normalized spacial score (nSPS) is 11.9. The third kappa shape index (κ3) is 1.95. The van der Waals surface area contributed by atoms with Crippen LogP contribution in [-0.2, 0) is 0 Å². The van der Waals surface area contributed by atoms with E-state index in [4.69, 9.17) is 40.0 Å². The fourth-order valence-electron chi connectivity index (χ4n) is 1.08. The lowest BCUT2D eigenvalue weighted by Gasteiger charge is -2.08. The summed E-state index contributed by atoms with van der Waals surface area (Å²) in [6, 6.07) is 0. The number of hydrogen-bond donors (Lipinski definition) is 1. The number of halogens is 3. The number of rotatable bonds is 1. The number of aryl methyl sites for hydroxylation is 1. The summed E-state index contributed by atoms with van der Waals surface area (Å²) < 4.78 is 0. The first kappa shape index (κ1) is 11.6. The molecule has 1 aromatic heterocycles. The maximum Gasteiger partial charge on any atom is 0.178 e. The quantitative estimate of drug-likeness (QED) is 0.361. The van der Waals surface area contributed by atoms with Gasteiger partial charge in [-0.15, -0.1) is 0 Å². The summed E-state index contributed by atoms with van der Waals surface area (Å²) in [5.74, 6) is 0. The van der Waals surface area contributed by atoms with E-state index in [1.54, 1.807) is 13.8 Å². The SMILES string of the molecule is Cc1nc(Cl)c(/C(Cl)=N/O)c(C)c1Cl. The average molecular weight is 254 g/mol. The average Bonchev–Trinajstić information content (AvgIpc) is 2.14. The van der Waals surface area contributed by atoms with Crippen molar-refractivity contribution in [1.82, 2.24) is 4.98 Å². The molecule has 0 radical (unpaired) electrons. The first-order valence-corrected chi connectivity index (χ1v) is 4.82. The third-order valence-electron chi connectivity index (χ3n) is 1.79. The minimum absolute atomic E-state index is 0.123. The van der Waals surface area contributed by atoms with E-state index in [-0.39, 0.29) is 10.3 Å². The van der Waals surface area contributed by atoms with Gasteiger partial charge in [0.2, 0.25) is 0 Å². The molecule has 0 atom stereocenters. The largest absolute Gasteiger partial charge is 0.410 e. The highest BCUT2D eigenvalue weighted by molar-refractivity contribution is 6.70. The molecule has 0 saturated carbocycles. The molecule has 0 saturated heterocycles. The van der Waals surface area contributed by atoms with Crippen LogP contribution >= 0.6 is 34.8 Å². The van der Waals surface area contributed by atoms with Crippen molar-refractivity contribution in [1.29, 1.82) is 0 Å². The van der Waals surface area contributed by atoms with Crippen molar-refractivity contribution >= 4 is 40.0 Å². The summed E-state index contributed by atoms with van der Waals surface area (Å²) in [5.41, 5.74) is 1.61. The minimum atomic E-state index is -0.123. The molecule has 0 bridgehead atoms. The molecule has 1 heterocycles. The molecule has 0 aliphatic carbocycles. The molecule has 0 aliphatic rings. The minimum Gasteiger partial charge on any atom is -0.410 e. The molecule has 1 aromatic rings. The molecular formula is C8H7Cl3N2O. The number of nitrogens with zero attached hydrogens (tertiary/aromatic N) is 2. The lowest BCUT2D eigenvalue weighted by Crippen LogP contribution is -2.01. The van der Waals surface area contributed by atoms with Crippen LogP contribution in [0.1, 0.15) is 16.8 Å². The molecule has 0 aromatic carbocycles. The van der Waals surface area contributed by atoms with Crippen LogP contribution in [-0.4, -0.2) is 15.4 Å². The maximum atomic E-state index is 8.52. The van der Waals surface area contributed by atoms with Crippen LogP contribution in [0.15, 0.2) is 5.16 Å². The predicted octanol–water partition coefficient (Wildman–Crippen LogP) is 3.38. The van der Waals surface area contributed by atoms with Crippen molar-refractivity contribution in [3.63, 3.8) is 0 Å². The summed E-state index contributed by atoms with van der Waals surface area (Å²) in [7, 11) is 0. The second-order valence-electron chi connectivity index (χ2n) is 2.69. The van der Waals surface area contributed by atoms with Crippen molar-refractivity contribution in [2.45, 2.75) is 13.8 Å². The molecule has 6 heteroatoms. The zero-order chi connectivity index (χ0) is 10.9. The summed E-state index contributed by atoms with van der Waals surface area (Å²) in [6.45, 7) is 3.46. The zero-order valence-electron chi connectivity index (χ0n) is 7.48. The van der Waals surface area contributed by atoms with Crippen LogP contribution in [0, 0.1) is 13.8 Å². The molecule has 3 nitrogen and oxygen atoms in total. The van der Waals surface area contributed by atoms with Gasteiger partial charge in [-0.1, -0.05) is 40.0 Å². The first-order chi connectivity index (χ1) is 6.49. The Kier molecular flexibility index (Phi) is 3.59. The van der Waals surface area contributed by atoms with E-state index in [9.17, 15) is 0 Å². The Morgan fingerprint density at radius 3 is 2.43 bits per heavy atom. The standard InChI is InChI=1S/C8H7Cl3N2O/c1-3-5(8(11)13-14)7(10)12-4(2)6(3)9/h14H,1-2H3/b13-8-. The van der Waals surface area contributed by atoms with Gasteiger partial charge in [0, 0.05) is 0 Å². The highest BCUT2D eigenvalue weighted by atomic mass is 35.5. The van der Waals surface area contributed by atoms with Crippen molar-refractivity contribution < 1.29 is 5.21 Å². The molecule has 0 aliphatic heterocycles. The van der Waals surface area contributed by atoms with Crippen molar-refractivity contribution in [2.24, 2.45) is 5.16 Å². The number of pyridine rings is 1. The van der Waals surface area contributed by atoms with Gasteiger partial charge in [-0.3, -0.25) is 0 Å². The van der Waals surface area contributed by atoms with Crippen LogP contribution in [0.3, 0.4) is 0 Å². The monoisotopic (exact) mass is 252 g/mol. The van der Waals surface area contributed by atoms with Gasteiger partial charge in [0.15, 0.2) is 5.17 Å². The van der Waals surface area contributed by atoms with Crippen molar-refractivity contribution in [3.05, 3.63) is 27.0 Å². The molecule has 0 unspecified atom stereocenters. The van der Waals surface area contributed by atoms with Gasteiger partial charge in [-0.25, -0.2) is 4.98 Å². The lowest BCUT2D eigenvalue weighted by atomic mass is 10.1. The fraction of sp³-hybridized carbons (Fsp3) is 0.250. The highest BCUT2D eigenvalue weighted by Gasteiger charge is 2.16. The zero-order valence-corrected chi connectivity index (χ0v) is 9.74. The second-order valence-corrected chi connectivity index (χ2v) is 3.79. The van der Waals surface area contributed by atoms with E-state index >= 15 is 0 Å². The van der Waals surface area contributed by atoms with Gasteiger partial charge < -0.3 is 5.21 Å². The molecule has 0 amide bonds. The molecule has 1 rings (SSSR count). The summed E-state index contributed by atoms with van der Waals surface area (Å²) in [4.78, 5) is 3.96. The van der Waals surface area contributed by atoms with E-state index in [2.05, 4.69) is 10.1 Å². The van der Waals surface area contributed by atoms with Crippen LogP contribution in [0.2, 0.25) is 10.2 Å². The Morgan fingerprint density at radius 1 is 1.36 bits per heavy atom. The lowest BCUT2D eigenvalue weighted by molar-refractivity contribution is 0.321. The van der Waals surface area contributed by atoms with E-state index in [1.165, 1.54) is 0 Å². The number of hydrogen-bond acceptors (Lipinski definition) is 3. The topological polar surface area (TPSA) is 45.5 Å². The second kappa shape index (κ2) is 4.34. The molecule has 76 valence electrons. The Bertz CT molecular complexity index is 404. The van der Waals surface area contributed by atoms with Gasteiger partial charge in [0.25, 0.3) is 0 Å². The van der Waals surface area contributed by atoms with Gasteiger partial charge in [-0.2, -0.15) is 0 Å². The van der Waals surface area contributed by atoms with Gasteiger partial charge >= 0.3 is 0 Å². The van der Waals surface area contributed by atoms with Crippen molar-refractivity contribution in [2.75, 3.05) is 0 Å². The Balaban J connectivity index is 3.52. The van der Waals surface area contributed by atoms with Crippen LogP contribution in [0.25, 0.3) is 0 Å². The van der Waals surface area contributed by atoms with E-state index < -0.39 is 0 Å². The Hall–Kier alpha value is -0.510. The van der Waals surface area contributed by atoms with Crippen LogP contribution < -0.4 is 0 Å². The maximum absolute atomic E-state index is 8.52. The smallest absolute Gasteiger partial charge is 0.178 e. The molecule has 0 fully saturated rings. The Morgan fingerprint density at radius 2 is 1.93 bits per heavy atom. The van der Waals surface area contributed by atoms with E-state index in [0.717, 1.165) is 0 Å². The summed E-state index contributed by atoms with van der Waals surface area (Å²) in [5, 5.41) is 11.9. The van der Waals surface area contributed by atoms with Crippen LogP contribution in [0.4, 0.5) is 0 Å². The number of oxime groups is 1. The van der Waals surface area contributed by atoms with Crippen LogP contribution in [0.5, 0.6) is 0 Å². The molecular weight excluding hydrogens is 246 g/mol. The molecule has 14 heavy (non-hydrogen) atoms. The first-order valence-electron chi connectivity index (χ1n) is 3.69. The van der Waals surface area contributed by atoms with E-state index in [0.29, 0.717) is 21.8 Å². The molecule has 1 N–H and O–H groups in total. The third-order valence-corrected chi connectivity index (χ3v) is 2.88. The molecule has 0 spiro atoms. The van der Waals surface area contributed by atoms with Gasteiger partial charge in [0.1, 0.15) is 5.15 Å². The summed E-state index contributed by atoms with van der Waals surface area (Å²) in [6.07, 6.45) is 0.